The second kappa shape index (κ2) is 7.30. The van der Waals surface area contributed by atoms with Crippen LogP contribution in [0.15, 0.2) is 57.9 Å². The molecule has 2 fully saturated rings. The molecule has 3 aromatic rings. The van der Waals surface area contributed by atoms with Crippen molar-refractivity contribution in [2.24, 2.45) is 11.0 Å². The van der Waals surface area contributed by atoms with Gasteiger partial charge in [0.25, 0.3) is 5.56 Å². The van der Waals surface area contributed by atoms with Crippen molar-refractivity contribution in [3.8, 4) is 0 Å². The van der Waals surface area contributed by atoms with E-state index in [-0.39, 0.29) is 23.2 Å². The van der Waals surface area contributed by atoms with Gasteiger partial charge in [0.1, 0.15) is 5.82 Å². The van der Waals surface area contributed by atoms with Gasteiger partial charge in [-0.1, -0.05) is 18.7 Å². The van der Waals surface area contributed by atoms with E-state index in [1.807, 2.05) is 18.3 Å². The van der Waals surface area contributed by atoms with Crippen molar-refractivity contribution in [1.82, 2.24) is 19.6 Å². The molecule has 2 N–H and O–H groups in total. The highest BCUT2D eigenvalue weighted by Crippen LogP contribution is 2.54. The van der Waals surface area contributed by atoms with Gasteiger partial charge in [-0.05, 0) is 61.3 Å². The Balaban J connectivity index is 1.46. The number of benzene rings is 1. The van der Waals surface area contributed by atoms with Gasteiger partial charge >= 0.3 is 5.69 Å². The second-order valence-corrected chi connectivity index (χ2v) is 8.30. The molecule has 5 rings (SSSR count). The van der Waals surface area contributed by atoms with E-state index in [1.165, 1.54) is 18.3 Å². The van der Waals surface area contributed by atoms with E-state index < -0.39 is 11.2 Å². The van der Waals surface area contributed by atoms with E-state index in [9.17, 15) is 14.0 Å². The van der Waals surface area contributed by atoms with Crippen LogP contribution in [0, 0.1) is 11.7 Å². The molecule has 0 bridgehead atoms. The van der Waals surface area contributed by atoms with Crippen molar-refractivity contribution in [3.63, 3.8) is 0 Å². The summed E-state index contributed by atoms with van der Waals surface area (Å²) in [4.78, 5) is 32.9. The molecule has 0 unspecified atom stereocenters. The van der Waals surface area contributed by atoms with E-state index in [4.69, 9.17) is 4.98 Å². The quantitative estimate of drug-likeness (QED) is 0.600. The Morgan fingerprint density at radius 2 is 2.00 bits per heavy atom. The van der Waals surface area contributed by atoms with Crippen molar-refractivity contribution >= 4 is 11.3 Å². The molecule has 8 heteroatoms. The molecule has 0 radical (unpaired) electrons. The van der Waals surface area contributed by atoms with Crippen LogP contribution in [-0.2, 0) is 0 Å². The summed E-state index contributed by atoms with van der Waals surface area (Å²) < 4.78 is 14.9. The van der Waals surface area contributed by atoms with Crippen molar-refractivity contribution in [1.29, 1.82) is 0 Å². The average Bonchev–Trinajstić information content (AvgIpc) is 3.65. The molecule has 31 heavy (non-hydrogen) atoms. The highest BCUT2D eigenvalue weighted by molar-refractivity contribution is 5.98. The number of nitrogens with one attached hydrogen (secondary N) is 2. The molecule has 2 aliphatic carbocycles. The van der Waals surface area contributed by atoms with Crippen LogP contribution in [0.2, 0.25) is 0 Å². The molecule has 2 aliphatic rings. The van der Waals surface area contributed by atoms with E-state index in [1.54, 1.807) is 11.6 Å². The number of nitrogens with zero attached hydrogens (tertiary/aromatic N) is 3. The summed E-state index contributed by atoms with van der Waals surface area (Å²) in [5, 5.41) is 4.61. The fourth-order valence-electron chi connectivity index (χ4n) is 3.98. The molecule has 1 aromatic carbocycles. The maximum atomic E-state index is 13.3. The topological polar surface area (TPSA) is 95.9 Å². The third kappa shape index (κ3) is 3.81. The van der Waals surface area contributed by atoms with Crippen molar-refractivity contribution in [2.45, 2.75) is 38.0 Å². The number of rotatable bonds is 6. The normalized spacial score (nSPS) is 20.6. The van der Waals surface area contributed by atoms with Crippen LogP contribution in [0.3, 0.4) is 0 Å². The Bertz CT molecular complexity index is 1310. The molecule has 0 aliphatic heterocycles. The molecular weight excluding hydrogens is 397 g/mol. The van der Waals surface area contributed by atoms with Gasteiger partial charge in [-0.3, -0.25) is 9.78 Å². The smallest absolute Gasteiger partial charge is 0.313 e. The third-order valence-electron chi connectivity index (χ3n) is 5.99. The summed E-state index contributed by atoms with van der Waals surface area (Å²) in [6.45, 7) is 6.01. The summed E-state index contributed by atoms with van der Waals surface area (Å²) in [5.74, 6) is 1.37. The first-order chi connectivity index (χ1) is 14.9. The zero-order valence-corrected chi connectivity index (χ0v) is 17.1. The molecule has 0 spiro atoms. The summed E-state index contributed by atoms with van der Waals surface area (Å²) in [6.07, 6.45) is 6.40. The predicted octanol–water partition coefficient (Wildman–Crippen LogP) is 3.37. The van der Waals surface area contributed by atoms with Crippen LogP contribution in [0.5, 0.6) is 0 Å². The monoisotopic (exact) mass is 419 g/mol. The largest absolute Gasteiger partial charge is 0.325 e. The lowest BCUT2D eigenvalue weighted by molar-refractivity contribution is 0.627. The number of halogens is 1. The molecule has 2 aromatic heterocycles. The molecular formula is C23H22FN5O2. The minimum atomic E-state index is -0.560. The fourth-order valence-corrected chi connectivity index (χ4v) is 3.98. The third-order valence-corrected chi connectivity index (χ3v) is 5.99. The number of allylic oxidation sites excluding steroid dienone is 1. The van der Waals surface area contributed by atoms with E-state index in [0.29, 0.717) is 17.5 Å². The fraction of sp³-hybridized carbons (Fsp3) is 0.304. The first kappa shape index (κ1) is 19.4. The number of H-pyrrole nitrogens is 2. The van der Waals surface area contributed by atoms with Crippen molar-refractivity contribution in [3.05, 3.63) is 92.5 Å². The van der Waals surface area contributed by atoms with Gasteiger partial charge in [0.05, 0.1) is 23.2 Å². The van der Waals surface area contributed by atoms with Gasteiger partial charge in [0, 0.05) is 12.1 Å². The Morgan fingerprint density at radius 1 is 1.26 bits per heavy atom. The maximum absolute atomic E-state index is 13.3. The number of aromatic nitrogens is 4. The van der Waals surface area contributed by atoms with Gasteiger partial charge in [-0.15, -0.1) is 0 Å². The summed E-state index contributed by atoms with van der Waals surface area (Å²) in [5.41, 5.74) is 2.63. The molecule has 0 saturated heterocycles. The zero-order chi connectivity index (χ0) is 21.7. The Kier molecular flexibility index (Phi) is 4.57. The van der Waals surface area contributed by atoms with Gasteiger partial charge in [-0.25, -0.2) is 18.8 Å². The summed E-state index contributed by atoms with van der Waals surface area (Å²) >= 11 is 0. The van der Waals surface area contributed by atoms with Crippen molar-refractivity contribution < 1.29 is 4.39 Å². The minimum Gasteiger partial charge on any atom is -0.313 e. The van der Waals surface area contributed by atoms with Crippen LogP contribution < -0.4 is 11.2 Å². The SMILES string of the molecule is C=C(c1nc(C2CC2)cn1/N=C(\C)c1c[nH]c(=O)[nH]c1=O)[C@H]1C[C@@H]1c1ccc(F)cc1. The lowest BCUT2D eigenvalue weighted by Crippen LogP contribution is -2.26. The first-order valence-electron chi connectivity index (χ1n) is 10.3. The van der Waals surface area contributed by atoms with Gasteiger partial charge in [0.2, 0.25) is 0 Å². The van der Waals surface area contributed by atoms with Crippen LogP contribution in [-0.4, -0.2) is 25.3 Å². The lowest BCUT2D eigenvalue weighted by atomic mass is 10.1. The zero-order valence-electron chi connectivity index (χ0n) is 17.1. The number of imidazole rings is 1. The van der Waals surface area contributed by atoms with Crippen LogP contribution >= 0.6 is 0 Å². The molecule has 158 valence electrons. The molecule has 2 saturated carbocycles. The molecule has 2 heterocycles. The highest BCUT2D eigenvalue weighted by atomic mass is 19.1. The van der Waals surface area contributed by atoms with Crippen molar-refractivity contribution in [2.75, 3.05) is 0 Å². The summed E-state index contributed by atoms with van der Waals surface area (Å²) in [7, 11) is 0. The second-order valence-electron chi connectivity index (χ2n) is 8.30. The Hall–Kier alpha value is -3.55. The van der Waals surface area contributed by atoms with Gasteiger partial charge in [-0.2, -0.15) is 5.10 Å². The highest BCUT2D eigenvalue weighted by Gasteiger charge is 2.42. The minimum absolute atomic E-state index is 0.214. The Morgan fingerprint density at radius 3 is 2.68 bits per heavy atom. The van der Waals surface area contributed by atoms with Gasteiger partial charge < -0.3 is 4.98 Å². The maximum Gasteiger partial charge on any atom is 0.325 e. The molecule has 2 atom stereocenters. The first-order valence-corrected chi connectivity index (χ1v) is 10.3. The molecule has 7 nitrogen and oxygen atoms in total. The predicted molar refractivity (Wildman–Crippen MR) is 116 cm³/mol. The van der Waals surface area contributed by atoms with Crippen LogP contribution in [0.1, 0.15) is 60.7 Å². The Labute approximate surface area is 177 Å². The lowest BCUT2D eigenvalue weighted by Gasteiger charge is -2.07. The van der Waals surface area contributed by atoms with E-state index >= 15 is 0 Å². The van der Waals surface area contributed by atoms with E-state index in [0.717, 1.165) is 36.1 Å². The standard InChI is InChI=1S/C23H22FN5O2/c1-12(17-9-18(17)14-5-7-16(24)8-6-14)21-26-20(15-3-4-15)11-29(21)28-13(2)19-10-25-23(31)27-22(19)30/h5-8,10-11,15,17-18H,1,3-4,9H2,2H3,(H2,25,27,30,31)/b28-13+/t17-,18-/m1/s1. The number of hydrogen-bond donors (Lipinski definition) is 2. The summed E-state index contributed by atoms with van der Waals surface area (Å²) in [6, 6.07) is 6.60. The van der Waals surface area contributed by atoms with Crippen LogP contribution in [0.25, 0.3) is 5.57 Å². The number of aromatic amines is 2. The van der Waals surface area contributed by atoms with Gasteiger partial charge in [0.15, 0.2) is 5.82 Å². The number of hydrogen-bond acceptors (Lipinski definition) is 4. The van der Waals surface area contributed by atoms with E-state index in [2.05, 4.69) is 21.6 Å². The average molecular weight is 419 g/mol. The van der Waals surface area contributed by atoms with Crippen LogP contribution in [0.4, 0.5) is 4.39 Å². The molecule has 0 amide bonds.